The number of halogens is 2. The maximum Gasteiger partial charge on any atom is 0.264 e. The monoisotopic (exact) mass is 343 g/mol. The average Bonchev–Trinajstić information content (AvgIpc) is 2.47. The van der Waals surface area contributed by atoms with Crippen LogP contribution in [0.15, 0.2) is 0 Å². The molecule has 24 heavy (non-hydrogen) atoms. The van der Waals surface area contributed by atoms with Gasteiger partial charge >= 0.3 is 0 Å². The summed E-state index contributed by atoms with van der Waals surface area (Å²) in [6.07, 6.45) is 3.04. The Balaban J connectivity index is 1.45. The second-order valence-electron chi connectivity index (χ2n) is 8.98. The number of alkyl halides is 2. The molecule has 3 fully saturated rings. The van der Waals surface area contributed by atoms with Crippen molar-refractivity contribution in [2.24, 2.45) is 17.3 Å². The second kappa shape index (κ2) is 7.16. The first-order chi connectivity index (χ1) is 11.3. The molecule has 140 valence electrons. The zero-order chi connectivity index (χ0) is 17.4. The lowest BCUT2D eigenvalue weighted by molar-refractivity contribution is -0.125. The summed E-state index contributed by atoms with van der Waals surface area (Å²) >= 11 is 0. The van der Waals surface area contributed by atoms with Gasteiger partial charge in [0.05, 0.1) is 6.54 Å². The molecular weight excluding hydrogens is 308 g/mol. The predicted octanol–water partition coefficient (Wildman–Crippen LogP) is 3.02. The van der Waals surface area contributed by atoms with E-state index in [1.54, 1.807) is 0 Å². The second-order valence-corrected chi connectivity index (χ2v) is 8.98. The summed E-state index contributed by atoms with van der Waals surface area (Å²) in [5.74, 6) is -2.53. The Morgan fingerprint density at radius 3 is 2.17 bits per heavy atom. The molecular formula is C19H35F2N3. The molecule has 1 atom stereocenters. The minimum atomic E-state index is -2.53. The number of piperidine rings is 2. The summed E-state index contributed by atoms with van der Waals surface area (Å²) in [7, 11) is 0. The van der Waals surface area contributed by atoms with E-state index in [2.05, 4.69) is 30.6 Å². The molecule has 0 bridgehead atoms. The van der Waals surface area contributed by atoms with Crippen molar-refractivity contribution in [1.82, 2.24) is 14.7 Å². The van der Waals surface area contributed by atoms with Gasteiger partial charge in [0.25, 0.3) is 5.92 Å². The third kappa shape index (κ3) is 4.10. The largest absolute Gasteiger partial charge is 0.303 e. The van der Waals surface area contributed by atoms with Gasteiger partial charge < -0.3 is 9.80 Å². The molecule has 0 saturated carbocycles. The van der Waals surface area contributed by atoms with Crippen molar-refractivity contribution in [2.45, 2.75) is 46.0 Å². The maximum absolute atomic E-state index is 14.6. The van der Waals surface area contributed by atoms with Crippen LogP contribution in [0.25, 0.3) is 0 Å². The van der Waals surface area contributed by atoms with E-state index in [-0.39, 0.29) is 6.54 Å². The van der Waals surface area contributed by atoms with Crippen molar-refractivity contribution in [2.75, 3.05) is 58.9 Å². The first-order valence-electron chi connectivity index (χ1n) is 9.87. The molecule has 3 nitrogen and oxygen atoms in total. The molecule has 1 spiro atoms. The van der Waals surface area contributed by atoms with Crippen LogP contribution in [0.2, 0.25) is 0 Å². The van der Waals surface area contributed by atoms with Crippen molar-refractivity contribution < 1.29 is 8.78 Å². The molecule has 0 aromatic carbocycles. The Bertz CT molecular complexity index is 411. The fraction of sp³-hybridized carbons (Fsp3) is 1.00. The molecule has 0 radical (unpaired) electrons. The van der Waals surface area contributed by atoms with Crippen LogP contribution in [0.3, 0.4) is 0 Å². The van der Waals surface area contributed by atoms with Gasteiger partial charge in [-0.25, -0.2) is 8.78 Å². The fourth-order valence-corrected chi connectivity index (χ4v) is 4.92. The predicted molar refractivity (Wildman–Crippen MR) is 94.6 cm³/mol. The van der Waals surface area contributed by atoms with Crippen molar-refractivity contribution in [3.8, 4) is 0 Å². The first kappa shape index (κ1) is 18.5. The van der Waals surface area contributed by atoms with Crippen molar-refractivity contribution in [1.29, 1.82) is 0 Å². The van der Waals surface area contributed by atoms with Gasteiger partial charge in [-0.1, -0.05) is 20.8 Å². The van der Waals surface area contributed by atoms with E-state index < -0.39 is 11.8 Å². The van der Waals surface area contributed by atoms with Crippen LogP contribution in [0.5, 0.6) is 0 Å². The number of likely N-dealkylation sites (tertiary alicyclic amines) is 3. The minimum Gasteiger partial charge on any atom is -0.303 e. The van der Waals surface area contributed by atoms with Gasteiger partial charge in [-0.3, -0.25) is 4.90 Å². The normalized spacial score (nSPS) is 31.5. The third-order valence-electron chi connectivity index (χ3n) is 6.41. The molecule has 3 heterocycles. The zero-order valence-electron chi connectivity index (χ0n) is 15.7. The quantitative estimate of drug-likeness (QED) is 0.760. The number of rotatable bonds is 5. The highest BCUT2D eigenvalue weighted by molar-refractivity contribution is 4.98. The van der Waals surface area contributed by atoms with Crippen LogP contribution in [-0.2, 0) is 0 Å². The van der Waals surface area contributed by atoms with Crippen molar-refractivity contribution in [3.63, 3.8) is 0 Å². The summed E-state index contributed by atoms with van der Waals surface area (Å²) in [4.78, 5) is 6.77. The lowest BCUT2D eigenvalue weighted by Crippen LogP contribution is -2.61. The van der Waals surface area contributed by atoms with Crippen LogP contribution in [-0.4, -0.2) is 79.5 Å². The van der Waals surface area contributed by atoms with Gasteiger partial charge in [-0.15, -0.1) is 0 Å². The highest BCUT2D eigenvalue weighted by Crippen LogP contribution is 2.41. The topological polar surface area (TPSA) is 9.72 Å². The molecule has 3 saturated heterocycles. The highest BCUT2D eigenvalue weighted by atomic mass is 19.3. The first-order valence-corrected chi connectivity index (χ1v) is 9.87. The van der Waals surface area contributed by atoms with Crippen LogP contribution >= 0.6 is 0 Å². The molecule has 1 unspecified atom stereocenters. The molecule has 0 N–H and O–H groups in total. The Morgan fingerprint density at radius 1 is 0.958 bits per heavy atom. The number of nitrogens with zero attached hydrogens (tertiary/aromatic N) is 3. The standard InChI is InChI=1S/C19H35F2N3/c1-4-22-13-18(14-22)6-9-23(10-7-18)12-17-5-8-24(11-16(2)3)15-19(17,20)21/h16-17H,4-15H2,1-3H3. The number of hydrogen-bond acceptors (Lipinski definition) is 3. The van der Waals surface area contributed by atoms with Gasteiger partial charge in [-0.2, -0.15) is 0 Å². The van der Waals surface area contributed by atoms with E-state index in [1.807, 2.05) is 4.90 Å². The molecule has 3 rings (SSSR count). The molecule has 0 aromatic heterocycles. The van der Waals surface area contributed by atoms with E-state index in [0.29, 0.717) is 24.3 Å². The third-order valence-corrected chi connectivity index (χ3v) is 6.41. The summed E-state index contributed by atoms with van der Waals surface area (Å²) in [6, 6.07) is 0. The fourth-order valence-electron chi connectivity index (χ4n) is 4.92. The van der Waals surface area contributed by atoms with Gasteiger partial charge in [0, 0.05) is 32.1 Å². The Hall–Kier alpha value is -0.260. The van der Waals surface area contributed by atoms with E-state index in [1.165, 1.54) is 25.9 Å². The van der Waals surface area contributed by atoms with E-state index >= 15 is 0 Å². The van der Waals surface area contributed by atoms with Crippen molar-refractivity contribution >= 4 is 0 Å². The van der Waals surface area contributed by atoms with Crippen LogP contribution in [0, 0.1) is 17.3 Å². The van der Waals surface area contributed by atoms with Gasteiger partial charge in [-0.05, 0) is 56.8 Å². The maximum atomic E-state index is 14.6. The van der Waals surface area contributed by atoms with Crippen molar-refractivity contribution in [3.05, 3.63) is 0 Å². The van der Waals surface area contributed by atoms with Crippen LogP contribution in [0.4, 0.5) is 8.78 Å². The molecule has 0 amide bonds. The molecule has 5 heteroatoms. The summed E-state index contributed by atoms with van der Waals surface area (Å²) in [5.41, 5.74) is 0.510. The Morgan fingerprint density at radius 2 is 1.62 bits per heavy atom. The lowest BCUT2D eigenvalue weighted by Gasteiger charge is -2.54. The molecule has 0 aliphatic carbocycles. The summed E-state index contributed by atoms with van der Waals surface area (Å²) in [6.45, 7) is 14.2. The van der Waals surface area contributed by atoms with E-state index in [9.17, 15) is 8.78 Å². The Kier molecular flexibility index (Phi) is 5.53. The van der Waals surface area contributed by atoms with Gasteiger partial charge in [0.2, 0.25) is 0 Å². The van der Waals surface area contributed by atoms with E-state index in [0.717, 1.165) is 32.7 Å². The highest BCUT2D eigenvalue weighted by Gasteiger charge is 2.47. The molecule has 0 aromatic rings. The zero-order valence-corrected chi connectivity index (χ0v) is 15.7. The van der Waals surface area contributed by atoms with E-state index in [4.69, 9.17) is 0 Å². The number of hydrogen-bond donors (Lipinski definition) is 0. The molecule has 3 aliphatic rings. The summed E-state index contributed by atoms with van der Waals surface area (Å²) < 4.78 is 29.2. The summed E-state index contributed by atoms with van der Waals surface area (Å²) in [5, 5.41) is 0. The average molecular weight is 344 g/mol. The SMILES string of the molecule is CCN1CC2(CCN(CC3CCN(CC(C)C)CC3(F)F)CC2)C1. The molecule has 3 aliphatic heterocycles. The van der Waals surface area contributed by atoms with Gasteiger partial charge in [0.1, 0.15) is 0 Å². The minimum absolute atomic E-state index is 0.0426. The van der Waals surface area contributed by atoms with Gasteiger partial charge in [0.15, 0.2) is 0 Å². The van der Waals surface area contributed by atoms with Crippen LogP contribution < -0.4 is 0 Å². The lowest BCUT2D eigenvalue weighted by atomic mass is 9.72. The Labute approximate surface area is 146 Å². The van der Waals surface area contributed by atoms with Crippen LogP contribution in [0.1, 0.15) is 40.0 Å². The smallest absolute Gasteiger partial charge is 0.264 e.